The van der Waals surface area contributed by atoms with Gasteiger partial charge in [-0.2, -0.15) is 0 Å². The molecule has 0 saturated carbocycles. The van der Waals surface area contributed by atoms with Gasteiger partial charge in [-0.15, -0.1) is 22.6 Å². The second kappa shape index (κ2) is 7.14. The lowest BCUT2D eigenvalue weighted by molar-refractivity contribution is 0.367. The Hall–Kier alpha value is -0.260. The fraction of sp³-hybridized carbons (Fsp3) is 0.800. The van der Waals surface area contributed by atoms with E-state index in [1.807, 2.05) is 23.4 Å². The largest absolute Gasteiger partial charge is 0.317 e. The van der Waals surface area contributed by atoms with E-state index in [2.05, 4.69) is 15.5 Å². The maximum Gasteiger partial charge on any atom is 0.190 e. The molecule has 0 aromatic carbocycles. The lowest BCUT2D eigenvalue weighted by Gasteiger charge is -2.21. The number of aromatic nitrogens is 3. The van der Waals surface area contributed by atoms with E-state index in [1.54, 1.807) is 6.33 Å². The van der Waals surface area contributed by atoms with Crippen molar-refractivity contribution in [3.63, 3.8) is 0 Å². The molecule has 0 atom stereocenters. The number of nitrogens with zero attached hydrogens (tertiary/aromatic N) is 3. The third kappa shape index (κ3) is 3.96. The number of halogens is 1. The summed E-state index contributed by atoms with van der Waals surface area (Å²) in [6, 6.07) is 0. The van der Waals surface area contributed by atoms with Crippen LogP contribution in [0.2, 0.25) is 0 Å². The zero-order chi connectivity index (χ0) is 10.5. The van der Waals surface area contributed by atoms with Crippen molar-refractivity contribution in [1.29, 1.82) is 0 Å². The summed E-state index contributed by atoms with van der Waals surface area (Å²) in [5.41, 5.74) is 0. The molecule has 0 radical (unpaired) electrons. The van der Waals surface area contributed by atoms with Crippen LogP contribution in [-0.4, -0.2) is 33.6 Å². The van der Waals surface area contributed by atoms with E-state index < -0.39 is 0 Å². The summed E-state index contributed by atoms with van der Waals surface area (Å²) in [5.74, 6) is 2.07. The van der Waals surface area contributed by atoms with Crippen LogP contribution in [0.1, 0.15) is 19.3 Å². The molecule has 1 aliphatic rings. The van der Waals surface area contributed by atoms with Crippen LogP contribution in [0.4, 0.5) is 0 Å². The molecule has 6 heteroatoms. The van der Waals surface area contributed by atoms with E-state index in [0.717, 1.165) is 16.8 Å². The Morgan fingerprint density at radius 3 is 2.88 bits per heavy atom. The number of rotatable bonds is 4. The fourth-order valence-corrected chi connectivity index (χ4v) is 2.88. The molecular formula is C10H19ClN4S. The van der Waals surface area contributed by atoms with E-state index >= 15 is 0 Å². The van der Waals surface area contributed by atoms with Crippen LogP contribution in [0, 0.1) is 5.92 Å². The van der Waals surface area contributed by atoms with Crippen molar-refractivity contribution in [2.75, 3.05) is 18.8 Å². The summed E-state index contributed by atoms with van der Waals surface area (Å²) in [6.45, 7) is 2.39. The molecule has 92 valence electrons. The third-order valence-electron chi connectivity index (χ3n) is 2.89. The summed E-state index contributed by atoms with van der Waals surface area (Å²) in [6.07, 6.45) is 5.73. The first-order valence-corrected chi connectivity index (χ1v) is 6.52. The highest BCUT2D eigenvalue weighted by Gasteiger charge is 2.13. The van der Waals surface area contributed by atoms with E-state index in [-0.39, 0.29) is 12.4 Å². The van der Waals surface area contributed by atoms with Gasteiger partial charge in [0.15, 0.2) is 5.16 Å². The molecule has 4 nitrogen and oxygen atoms in total. The number of hydrogen-bond acceptors (Lipinski definition) is 4. The Balaban J connectivity index is 0.00000128. The van der Waals surface area contributed by atoms with Gasteiger partial charge >= 0.3 is 0 Å². The van der Waals surface area contributed by atoms with Crippen molar-refractivity contribution in [2.24, 2.45) is 13.0 Å². The van der Waals surface area contributed by atoms with E-state index in [0.29, 0.717) is 0 Å². The SMILES string of the molecule is Cl.Cn1cnnc1SCCC1CCNCC1. The molecule has 1 aliphatic heterocycles. The number of piperidine rings is 1. The highest BCUT2D eigenvalue weighted by atomic mass is 35.5. The Morgan fingerprint density at radius 1 is 1.50 bits per heavy atom. The van der Waals surface area contributed by atoms with Gasteiger partial charge in [-0.3, -0.25) is 0 Å². The monoisotopic (exact) mass is 262 g/mol. The predicted molar refractivity (Wildman–Crippen MR) is 69.2 cm³/mol. The molecule has 1 aromatic rings. The van der Waals surface area contributed by atoms with Crippen molar-refractivity contribution in [1.82, 2.24) is 20.1 Å². The van der Waals surface area contributed by atoms with E-state index in [1.165, 1.54) is 32.4 Å². The van der Waals surface area contributed by atoms with Gasteiger partial charge in [0, 0.05) is 12.8 Å². The van der Waals surface area contributed by atoms with Gasteiger partial charge in [0.05, 0.1) is 0 Å². The van der Waals surface area contributed by atoms with E-state index in [9.17, 15) is 0 Å². The summed E-state index contributed by atoms with van der Waals surface area (Å²) in [5, 5.41) is 12.4. The maximum atomic E-state index is 4.06. The summed E-state index contributed by atoms with van der Waals surface area (Å²) in [4.78, 5) is 0. The van der Waals surface area contributed by atoms with Crippen molar-refractivity contribution < 1.29 is 0 Å². The summed E-state index contributed by atoms with van der Waals surface area (Å²) in [7, 11) is 1.99. The highest BCUT2D eigenvalue weighted by Crippen LogP contribution is 2.21. The zero-order valence-electron chi connectivity index (χ0n) is 9.56. The molecule has 0 unspecified atom stereocenters. The first-order chi connectivity index (χ1) is 7.36. The quantitative estimate of drug-likeness (QED) is 0.839. The Bertz CT molecular complexity index is 299. The van der Waals surface area contributed by atoms with Gasteiger partial charge in [-0.05, 0) is 38.3 Å². The Kier molecular flexibility index (Phi) is 6.16. The molecule has 0 bridgehead atoms. The Labute approximate surface area is 107 Å². The third-order valence-corrected chi connectivity index (χ3v) is 3.95. The first kappa shape index (κ1) is 13.8. The lowest BCUT2D eigenvalue weighted by atomic mass is 9.96. The van der Waals surface area contributed by atoms with Crippen LogP contribution in [0.5, 0.6) is 0 Å². The average molecular weight is 263 g/mol. The Morgan fingerprint density at radius 2 is 2.25 bits per heavy atom. The molecule has 16 heavy (non-hydrogen) atoms. The lowest BCUT2D eigenvalue weighted by Crippen LogP contribution is -2.27. The molecule has 1 N–H and O–H groups in total. The van der Waals surface area contributed by atoms with Gasteiger partial charge in [-0.25, -0.2) is 0 Å². The van der Waals surface area contributed by atoms with Crippen molar-refractivity contribution in [3.05, 3.63) is 6.33 Å². The van der Waals surface area contributed by atoms with Crippen LogP contribution in [0.25, 0.3) is 0 Å². The predicted octanol–water partition coefficient (Wildman–Crippen LogP) is 1.72. The standard InChI is InChI=1S/C10H18N4S.ClH/c1-14-8-12-13-10(14)15-7-4-9-2-5-11-6-3-9;/h8-9,11H,2-7H2,1H3;1H. The van der Waals surface area contributed by atoms with Crippen molar-refractivity contribution >= 4 is 24.2 Å². The van der Waals surface area contributed by atoms with Crippen molar-refractivity contribution in [2.45, 2.75) is 24.4 Å². The average Bonchev–Trinajstić information content (AvgIpc) is 2.66. The topological polar surface area (TPSA) is 42.7 Å². The highest BCUT2D eigenvalue weighted by molar-refractivity contribution is 7.99. The molecular weight excluding hydrogens is 244 g/mol. The van der Waals surface area contributed by atoms with Gasteiger partial charge in [0.2, 0.25) is 0 Å². The molecule has 2 rings (SSSR count). The van der Waals surface area contributed by atoms with Crippen LogP contribution in [-0.2, 0) is 7.05 Å². The minimum atomic E-state index is 0. The van der Waals surface area contributed by atoms with Crippen molar-refractivity contribution in [3.8, 4) is 0 Å². The summed E-state index contributed by atoms with van der Waals surface area (Å²) >= 11 is 1.82. The minimum absolute atomic E-state index is 0. The molecule has 2 heterocycles. The first-order valence-electron chi connectivity index (χ1n) is 5.54. The minimum Gasteiger partial charge on any atom is -0.317 e. The van der Waals surface area contributed by atoms with Crippen LogP contribution in [0.3, 0.4) is 0 Å². The molecule has 0 amide bonds. The fourth-order valence-electron chi connectivity index (χ4n) is 1.89. The molecule has 0 spiro atoms. The normalized spacial score (nSPS) is 17.1. The van der Waals surface area contributed by atoms with E-state index in [4.69, 9.17) is 0 Å². The molecule has 0 aliphatic carbocycles. The molecule has 1 saturated heterocycles. The van der Waals surface area contributed by atoms with Crippen LogP contribution < -0.4 is 5.32 Å². The number of nitrogens with one attached hydrogen (secondary N) is 1. The second-order valence-corrected chi connectivity index (χ2v) is 5.12. The number of aryl methyl sites for hydroxylation is 1. The van der Waals surface area contributed by atoms with Gasteiger partial charge in [-0.1, -0.05) is 11.8 Å². The van der Waals surface area contributed by atoms with Gasteiger partial charge < -0.3 is 9.88 Å². The van der Waals surface area contributed by atoms with Crippen LogP contribution in [0.15, 0.2) is 11.5 Å². The molecule has 1 aromatic heterocycles. The zero-order valence-corrected chi connectivity index (χ0v) is 11.2. The smallest absolute Gasteiger partial charge is 0.190 e. The number of hydrogen-bond donors (Lipinski definition) is 1. The second-order valence-electron chi connectivity index (χ2n) is 4.05. The van der Waals surface area contributed by atoms with Crippen LogP contribution >= 0.6 is 24.2 Å². The number of thioether (sulfide) groups is 1. The maximum absolute atomic E-state index is 4.06. The van der Waals surface area contributed by atoms with Gasteiger partial charge in [0.25, 0.3) is 0 Å². The van der Waals surface area contributed by atoms with Gasteiger partial charge in [0.1, 0.15) is 6.33 Å². The molecule has 1 fully saturated rings. The summed E-state index contributed by atoms with van der Waals surface area (Å²) < 4.78 is 1.98.